The molecule has 0 aromatic carbocycles. The van der Waals surface area contributed by atoms with Crippen LogP contribution in [0.15, 0.2) is 0 Å². The van der Waals surface area contributed by atoms with E-state index in [1.807, 2.05) is 14.1 Å². The zero-order chi connectivity index (χ0) is 10.1. The van der Waals surface area contributed by atoms with Gasteiger partial charge in [-0.2, -0.15) is 0 Å². The molecular weight excluding hydrogens is 168 g/mol. The van der Waals surface area contributed by atoms with E-state index in [4.69, 9.17) is 5.11 Å². The summed E-state index contributed by atoms with van der Waals surface area (Å²) in [6.07, 6.45) is 2.00. The molecule has 2 N–H and O–H groups in total. The Kier molecular flexibility index (Phi) is 7.63. The maximum atomic E-state index is 10.2. The highest BCUT2D eigenvalue weighted by Gasteiger charge is 1.95. The molecule has 0 fully saturated rings. The highest BCUT2D eigenvalue weighted by molar-refractivity contribution is 5.66. The monoisotopic (exact) mass is 188 g/mol. The molecule has 4 heteroatoms. The third-order valence-electron chi connectivity index (χ3n) is 1.73. The lowest BCUT2D eigenvalue weighted by atomic mass is 10.2. The molecular formula is C9H20N2O2. The van der Waals surface area contributed by atoms with Gasteiger partial charge in [0.2, 0.25) is 0 Å². The Morgan fingerprint density at radius 3 is 2.54 bits per heavy atom. The Morgan fingerprint density at radius 2 is 2.00 bits per heavy atom. The number of carbonyl (C=O) groups is 1. The van der Waals surface area contributed by atoms with Crippen molar-refractivity contribution in [2.24, 2.45) is 0 Å². The van der Waals surface area contributed by atoms with Crippen molar-refractivity contribution in [1.82, 2.24) is 10.2 Å². The lowest BCUT2D eigenvalue weighted by Crippen LogP contribution is -2.27. The second kappa shape index (κ2) is 8.01. The van der Waals surface area contributed by atoms with Crippen LogP contribution in [-0.4, -0.2) is 49.7 Å². The fourth-order valence-corrected chi connectivity index (χ4v) is 0.954. The molecule has 0 unspecified atom stereocenters. The van der Waals surface area contributed by atoms with Crippen LogP contribution in [0.5, 0.6) is 0 Å². The second-order valence-corrected chi connectivity index (χ2v) is 3.40. The number of aliphatic carboxylic acids is 1. The third kappa shape index (κ3) is 11.4. The SMILES string of the molecule is CN(C)CCNCCCCC(=O)O. The summed E-state index contributed by atoms with van der Waals surface area (Å²) in [7, 11) is 4.07. The summed E-state index contributed by atoms with van der Waals surface area (Å²) in [6.45, 7) is 2.92. The van der Waals surface area contributed by atoms with E-state index in [-0.39, 0.29) is 6.42 Å². The summed E-state index contributed by atoms with van der Waals surface area (Å²) in [4.78, 5) is 12.3. The van der Waals surface area contributed by atoms with E-state index < -0.39 is 5.97 Å². The standard InChI is InChI=1S/C9H20N2O2/c1-11(2)8-7-10-6-4-3-5-9(12)13/h10H,3-8H2,1-2H3,(H,12,13). The van der Waals surface area contributed by atoms with Crippen LogP contribution >= 0.6 is 0 Å². The van der Waals surface area contributed by atoms with Crippen molar-refractivity contribution in [3.05, 3.63) is 0 Å². The zero-order valence-corrected chi connectivity index (χ0v) is 8.55. The minimum absolute atomic E-state index is 0.287. The lowest BCUT2D eigenvalue weighted by Gasteiger charge is -2.09. The normalized spacial score (nSPS) is 10.7. The molecule has 0 bridgehead atoms. The Morgan fingerprint density at radius 1 is 1.31 bits per heavy atom. The molecule has 0 atom stereocenters. The summed E-state index contributed by atoms with van der Waals surface area (Å²) >= 11 is 0. The highest BCUT2D eigenvalue weighted by atomic mass is 16.4. The summed E-state index contributed by atoms with van der Waals surface area (Å²) < 4.78 is 0. The fourth-order valence-electron chi connectivity index (χ4n) is 0.954. The van der Waals surface area contributed by atoms with E-state index in [9.17, 15) is 4.79 Å². The third-order valence-corrected chi connectivity index (χ3v) is 1.73. The number of unbranched alkanes of at least 4 members (excludes halogenated alkanes) is 1. The summed E-state index contributed by atoms with van der Waals surface area (Å²) in [6, 6.07) is 0. The molecule has 0 radical (unpaired) electrons. The molecule has 0 heterocycles. The van der Waals surface area contributed by atoms with Gasteiger partial charge in [-0.1, -0.05) is 0 Å². The van der Waals surface area contributed by atoms with E-state index in [0.717, 1.165) is 32.5 Å². The van der Waals surface area contributed by atoms with Crippen LogP contribution in [0.3, 0.4) is 0 Å². The second-order valence-electron chi connectivity index (χ2n) is 3.40. The first-order chi connectivity index (χ1) is 6.13. The molecule has 0 aromatic rings. The topological polar surface area (TPSA) is 52.6 Å². The Bertz CT molecular complexity index is 138. The number of nitrogens with one attached hydrogen (secondary N) is 1. The molecule has 0 saturated carbocycles. The molecule has 0 aliphatic heterocycles. The minimum atomic E-state index is -0.701. The van der Waals surface area contributed by atoms with Crippen molar-refractivity contribution in [2.45, 2.75) is 19.3 Å². The van der Waals surface area contributed by atoms with E-state index in [0.29, 0.717) is 0 Å². The molecule has 0 saturated heterocycles. The van der Waals surface area contributed by atoms with Crippen LogP contribution in [0.4, 0.5) is 0 Å². The zero-order valence-electron chi connectivity index (χ0n) is 8.55. The molecule has 0 rings (SSSR count). The largest absolute Gasteiger partial charge is 0.481 e. The Labute approximate surface area is 79.9 Å². The smallest absolute Gasteiger partial charge is 0.303 e. The van der Waals surface area contributed by atoms with E-state index in [1.54, 1.807) is 0 Å². The van der Waals surface area contributed by atoms with Crippen LogP contribution in [-0.2, 0) is 4.79 Å². The van der Waals surface area contributed by atoms with Crippen molar-refractivity contribution >= 4 is 5.97 Å². The minimum Gasteiger partial charge on any atom is -0.481 e. The first kappa shape index (κ1) is 12.4. The van der Waals surface area contributed by atoms with Crippen LogP contribution in [0.1, 0.15) is 19.3 Å². The van der Waals surface area contributed by atoms with Crippen molar-refractivity contribution < 1.29 is 9.90 Å². The number of rotatable bonds is 8. The van der Waals surface area contributed by atoms with Crippen molar-refractivity contribution in [2.75, 3.05) is 33.7 Å². The first-order valence-corrected chi connectivity index (χ1v) is 4.70. The number of nitrogens with zero attached hydrogens (tertiary/aromatic N) is 1. The molecule has 0 amide bonds. The van der Waals surface area contributed by atoms with Gasteiger partial charge in [0, 0.05) is 19.5 Å². The molecule has 0 spiro atoms. The fraction of sp³-hybridized carbons (Fsp3) is 0.889. The quantitative estimate of drug-likeness (QED) is 0.541. The molecule has 0 aliphatic rings. The number of likely N-dealkylation sites (N-methyl/N-ethyl adjacent to an activating group) is 1. The van der Waals surface area contributed by atoms with Crippen LogP contribution < -0.4 is 5.32 Å². The number of hydrogen-bond acceptors (Lipinski definition) is 3. The maximum absolute atomic E-state index is 10.2. The van der Waals surface area contributed by atoms with Crippen LogP contribution in [0, 0.1) is 0 Å². The number of carboxylic acids is 1. The predicted molar refractivity (Wildman–Crippen MR) is 52.9 cm³/mol. The van der Waals surface area contributed by atoms with E-state index in [2.05, 4.69) is 10.2 Å². The first-order valence-electron chi connectivity index (χ1n) is 4.70. The number of hydrogen-bond donors (Lipinski definition) is 2. The Hall–Kier alpha value is -0.610. The number of carboxylic acid groups (broad SMARTS) is 1. The van der Waals surface area contributed by atoms with Gasteiger partial charge in [0.15, 0.2) is 0 Å². The van der Waals surface area contributed by atoms with Gasteiger partial charge < -0.3 is 15.3 Å². The predicted octanol–water partition coefficient (Wildman–Crippen LogP) is 0.393. The molecule has 0 aromatic heterocycles. The summed E-state index contributed by atoms with van der Waals surface area (Å²) in [5, 5.41) is 11.6. The average molecular weight is 188 g/mol. The van der Waals surface area contributed by atoms with Gasteiger partial charge in [-0.05, 0) is 33.5 Å². The summed E-state index contributed by atoms with van der Waals surface area (Å²) in [5.74, 6) is -0.701. The van der Waals surface area contributed by atoms with Gasteiger partial charge in [-0.15, -0.1) is 0 Å². The highest BCUT2D eigenvalue weighted by Crippen LogP contribution is 1.92. The van der Waals surface area contributed by atoms with Crippen LogP contribution in [0.25, 0.3) is 0 Å². The van der Waals surface area contributed by atoms with Crippen molar-refractivity contribution in [1.29, 1.82) is 0 Å². The van der Waals surface area contributed by atoms with Crippen LogP contribution in [0.2, 0.25) is 0 Å². The van der Waals surface area contributed by atoms with E-state index in [1.165, 1.54) is 0 Å². The molecule has 0 aliphatic carbocycles. The van der Waals surface area contributed by atoms with E-state index >= 15 is 0 Å². The van der Waals surface area contributed by atoms with Gasteiger partial charge >= 0.3 is 5.97 Å². The van der Waals surface area contributed by atoms with Gasteiger partial charge in [-0.3, -0.25) is 4.79 Å². The molecule has 78 valence electrons. The molecule has 4 nitrogen and oxygen atoms in total. The van der Waals surface area contributed by atoms with Crippen molar-refractivity contribution in [3.8, 4) is 0 Å². The van der Waals surface area contributed by atoms with Gasteiger partial charge in [0.1, 0.15) is 0 Å². The van der Waals surface area contributed by atoms with Gasteiger partial charge in [-0.25, -0.2) is 0 Å². The molecule has 13 heavy (non-hydrogen) atoms. The van der Waals surface area contributed by atoms with Crippen molar-refractivity contribution in [3.63, 3.8) is 0 Å². The Balaban J connectivity index is 2.96. The lowest BCUT2D eigenvalue weighted by molar-refractivity contribution is -0.137. The summed E-state index contributed by atoms with van der Waals surface area (Å²) in [5.41, 5.74) is 0. The average Bonchev–Trinajstić information content (AvgIpc) is 2.01. The maximum Gasteiger partial charge on any atom is 0.303 e. The van der Waals surface area contributed by atoms with Gasteiger partial charge in [0.25, 0.3) is 0 Å². The van der Waals surface area contributed by atoms with Gasteiger partial charge in [0.05, 0.1) is 0 Å².